The van der Waals surface area contributed by atoms with E-state index in [4.69, 9.17) is 4.74 Å². The Bertz CT molecular complexity index is 1210. The van der Waals surface area contributed by atoms with Crippen molar-refractivity contribution in [2.24, 2.45) is 0 Å². The monoisotopic (exact) mass is 481 g/mol. The van der Waals surface area contributed by atoms with Gasteiger partial charge in [0.1, 0.15) is 16.9 Å². The van der Waals surface area contributed by atoms with Gasteiger partial charge in [-0.25, -0.2) is 9.66 Å². The fourth-order valence-corrected chi connectivity index (χ4v) is 5.57. The van der Waals surface area contributed by atoms with E-state index in [0.717, 1.165) is 27.9 Å². The molecule has 2 N–H and O–H groups in total. The maximum absolute atomic E-state index is 10.9. The molecule has 11 heteroatoms. The summed E-state index contributed by atoms with van der Waals surface area (Å²) < 4.78 is 7.27. The maximum Gasteiger partial charge on any atom is 0.212 e. The third-order valence-corrected chi connectivity index (χ3v) is 7.42. The van der Waals surface area contributed by atoms with E-state index in [9.17, 15) is 5.11 Å². The number of nitrogens with one attached hydrogen (secondary N) is 1. The lowest BCUT2D eigenvalue weighted by atomic mass is 10.2. The highest BCUT2D eigenvalue weighted by Gasteiger charge is 2.35. The predicted octanol–water partition coefficient (Wildman–Crippen LogP) is 3.28. The molecule has 0 aliphatic carbocycles. The summed E-state index contributed by atoms with van der Waals surface area (Å²) in [6.07, 6.45) is -0.609. The minimum atomic E-state index is -0.609. The number of methoxy groups -OCH3 is 1. The van der Waals surface area contributed by atoms with Crippen molar-refractivity contribution in [1.82, 2.24) is 30.1 Å². The summed E-state index contributed by atoms with van der Waals surface area (Å²) >= 11 is 3.04. The minimum absolute atomic E-state index is 0.0204. The molecule has 4 aromatic rings. The van der Waals surface area contributed by atoms with Crippen molar-refractivity contribution in [2.45, 2.75) is 28.7 Å². The number of aliphatic hydroxyl groups is 1. The first-order valence-electron chi connectivity index (χ1n) is 10.4. The molecule has 1 aliphatic rings. The molecule has 2 atom stereocenters. The smallest absolute Gasteiger partial charge is 0.212 e. The normalized spacial score (nSPS) is 16.1. The highest BCUT2D eigenvalue weighted by molar-refractivity contribution is 7.99. The standard InChI is InChI=1S/C22H23N7O2S2/c1-14-24-27-22-29(14)28(20(33-22)16-8-10-18(31-2)11-9-16)12-17(30)13-32-21-23-19(25-26-21)15-6-4-3-5-7-15/h3-11,17,20,30H,12-13H2,1-2H3,(H,23,25,26). The Labute approximate surface area is 199 Å². The summed E-state index contributed by atoms with van der Waals surface area (Å²) in [7, 11) is 1.65. The number of benzene rings is 2. The van der Waals surface area contributed by atoms with Crippen molar-refractivity contribution >= 4 is 23.5 Å². The van der Waals surface area contributed by atoms with Gasteiger partial charge >= 0.3 is 0 Å². The van der Waals surface area contributed by atoms with Crippen LogP contribution in [0.4, 0.5) is 0 Å². The summed E-state index contributed by atoms with van der Waals surface area (Å²) in [4.78, 5) is 4.54. The van der Waals surface area contributed by atoms with Crippen LogP contribution in [0.3, 0.4) is 0 Å². The van der Waals surface area contributed by atoms with Crippen LogP contribution in [0, 0.1) is 6.92 Å². The zero-order valence-corrected chi connectivity index (χ0v) is 19.8. The average molecular weight is 482 g/mol. The third-order valence-electron chi connectivity index (χ3n) is 5.23. The van der Waals surface area contributed by atoms with E-state index >= 15 is 0 Å². The van der Waals surface area contributed by atoms with Gasteiger partial charge in [0.05, 0.1) is 19.8 Å². The lowest BCUT2D eigenvalue weighted by molar-refractivity contribution is 0.194. The van der Waals surface area contributed by atoms with E-state index in [1.807, 2.05) is 66.2 Å². The van der Waals surface area contributed by atoms with Gasteiger partial charge in [-0.15, -0.1) is 15.3 Å². The quantitative estimate of drug-likeness (QED) is 0.367. The number of β-amino-alcohol motifs (C(OH)–C–C–N with tert-alkyl or cyclic N) is 1. The number of thioether (sulfide) groups is 2. The summed E-state index contributed by atoms with van der Waals surface area (Å²) in [6.45, 7) is 2.33. The average Bonchev–Trinajstić information content (AvgIpc) is 3.56. The van der Waals surface area contributed by atoms with Crippen LogP contribution in [-0.4, -0.2) is 60.7 Å². The number of aromatic amines is 1. The fourth-order valence-electron chi connectivity index (χ4n) is 3.63. The second-order valence-electron chi connectivity index (χ2n) is 7.50. The van der Waals surface area contributed by atoms with Gasteiger partial charge in [-0.2, -0.15) is 0 Å². The molecule has 2 aromatic heterocycles. The third kappa shape index (κ3) is 4.56. The lowest BCUT2D eigenvalue weighted by Gasteiger charge is -2.29. The van der Waals surface area contributed by atoms with E-state index in [1.165, 1.54) is 11.8 Å². The van der Waals surface area contributed by atoms with Crippen LogP contribution in [0.15, 0.2) is 64.9 Å². The van der Waals surface area contributed by atoms with Crippen LogP contribution in [0.25, 0.3) is 11.4 Å². The Morgan fingerprint density at radius 2 is 1.94 bits per heavy atom. The molecule has 170 valence electrons. The van der Waals surface area contributed by atoms with Crippen molar-refractivity contribution in [3.8, 4) is 17.1 Å². The molecule has 9 nitrogen and oxygen atoms in total. The first-order chi connectivity index (χ1) is 16.1. The molecule has 2 unspecified atom stereocenters. The maximum atomic E-state index is 10.9. The van der Waals surface area contributed by atoms with Crippen molar-refractivity contribution in [1.29, 1.82) is 0 Å². The van der Waals surface area contributed by atoms with Crippen molar-refractivity contribution in [3.05, 3.63) is 66.0 Å². The number of nitrogens with zero attached hydrogens (tertiary/aromatic N) is 6. The van der Waals surface area contributed by atoms with Crippen LogP contribution in [0.5, 0.6) is 5.75 Å². The van der Waals surface area contributed by atoms with E-state index in [1.54, 1.807) is 18.9 Å². The molecule has 0 saturated carbocycles. The van der Waals surface area contributed by atoms with Crippen LogP contribution >= 0.6 is 23.5 Å². The molecule has 0 saturated heterocycles. The van der Waals surface area contributed by atoms with Crippen LogP contribution < -0.4 is 9.75 Å². The molecule has 2 aromatic carbocycles. The Hall–Kier alpha value is -3.02. The predicted molar refractivity (Wildman–Crippen MR) is 128 cm³/mol. The van der Waals surface area contributed by atoms with E-state index in [0.29, 0.717) is 23.3 Å². The van der Waals surface area contributed by atoms with E-state index in [2.05, 4.69) is 30.4 Å². The highest BCUT2D eigenvalue weighted by Crippen LogP contribution is 2.43. The van der Waals surface area contributed by atoms with Crippen molar-refractivity contribution in [3.63, 3.8) is 0 Å². The first-order valence-corrected chi connectivity index (χ1v) is 12.3. The number of aromatic nitrogens is 6. The van der Waals surface area contributed by atoms with Gasteiger partial charge in [0.25, 0.3) is 0 Å². The van der Waals surface area contributed by atoms with Gasteiger partial charge in [-0.3, -0.25) is 10.1 Å². The van der Waals surface area contributed by atoms with Crippen molar-refractivity contribution in [2.75, 3.05) is 24.4 Å². The van der Waals surface area contributed by atoms with E-state index in [-0.39, 0.29) is 5.37 Å². The van der Waals surface area contributed by atoms with Crippen LogP contribution in [0.2, 0.25) is 0 Å². The van der Waals surface area contributed by atoms with Gasteiger partial charge in [0, 0.05) is 11.3 Å². The molecule has 5 rings (SSSR count). The molecule has 33 heavy (non-hydrogen) atoms. The van der Waals surface area contributed by atoms with Crippen LogP contribution in [-0.2, 0) is 0 Å². The molecular formula is C22H23N7O2S2. The van der Waals surface area contributed by atoms with Gasteiger partial charge in [-0.1, -0.05) is 66.0 Å². The van der Waals surface area contributed by atoms with Gasteiger partial charge < -0.3 is 9.84 Å². The Balaban J connectivity index is 1.27. The zero-order chi connectivity index (χ0) is 22.8. The van der Waals surface area contributed by atoms with E-state index < -0.39 is 6.10 Å². The van der Waals surface area contributed by atoms with Gasteiger partial charge in [0.2, 0.25) is 10.3 Å². The largest absolute Gasteiger partial charge is 0.497 e. The Morgan fingerprint density at radius 3 is 2.70 bits per heavy atom. The molecule has 3 heterocycles. The molecule has 0 bridgehead atoms. The second-order valence-corrected chi connectivity index (χ2v) is 9.54. The number of ether oxygens (including phenoxy) is 1. The Kier molecular flexibility index (Phi) is 6.25. The minimum Gasteiger partial charge on any atom is -0.497 e. The Morgan fingerprint density at radius 1 is 1.15 bits per heavy atom. The second kappa shape index (κ2) is 9.46. The first kappa shape index (κ1) is 21.8. The zero-order valence-electron chi connectivity index (χ0n) is 18.1. The highest BCUT2D eigenvalue weighted by atomic mass is 32.2. The summed E-state index contributed by atoms with van der Waals surface area (Å²) in [5, 5.41) is 30.1. The molecule has 0 amide bonds. The number of rotatable bonds is 8. The number of fused-ring (bicyclic) bond motifs is 1. The summed E-state index contributed by atoms with van der Waals surface area (Å²) in [5.41, 5.74) is 2.08. The topological polar surface area (TPSA) is 105 Å². The summed E-state index contributed by atoms with van der Waals surface area (Å²) in [6, 6.07) is 17.8. The van der Waals surface area contributed by atoms with Crippen molar-refractivity contribution < 1.29 is 9.84 Å². The molecule has 0 radical (unpaired) electrons. The number of hydrogen-bond donors (Lipinski definition) is 2. The van der Waals surface area contributed by atoms with Gasteiger partial charge in [-0.05, 0) is 24.6 Å². The molecule has 0 fully saturated rings. The molecular weight excluding hydrogens is 458 g/mol. The fraction of sp³-hybridized carbons (Fsp3) is 0.273. The number of H-pyrrole nitrogens is 1. The molecule has 0 spiro atoms. The molecule has 1 aliphatic heterocycles. The lowest BCUT2D eigenvalue weighted by Crippen LogP contribution is -2.41. The van der Waals surface area contributed by atoms with Gasteiger partial charge in [0.15, 0.2) is 5.82 Å². The number of aryl methyl sites for hydroxylation is 1. The number of aliphatic hydroxyl groups excluding tert-OH is 1. The van der Waals surface area contributed by atoms with Crippen LogP contribution in [0.1, 0.15) is 16.8 Å². The number of hydrogen-bond acceptors (Lipinski definition) is 9. The SMILES string of the molecule is COc1ccc(C2Sc3nnc(C)n3N2CC(O)CSc2n[nH]c(-c3ccccc3)n2)cc1. The summed E-state index contributed by atoms with van der Waals surface area (Å²) in [5.74, 6) is 2.77.